The van der Waals surface area contributed by atoms with E-state index in [2.05, 4.69) is 0 Å². The van der Waals surface area contributed by atoms with Gasteiger partial charge >= 0.3 is 37.7 Å². The second-order valence-electron chi connectivity index (χ2n) is 4.16. The van der Waals surface area contributed by atoms with Crippen LogP contribution in [0.2, 0.25) is 0 Å². The van der Waals surface area contributed by atoms with Crippen LogP contribution in [0.5, 0.6) is 0 Å². The van der Waals surface area contributed by atoms with Crippen LogP contribution in [0.3, 0.4) is 0 Å². The molecule has 0 aromatic heterocycles. The molecule has 1 saturated carbocycles. The Labute approximate surface area is 120 Å². The van der Waals surface area contributed by atoms with E-state index in [1.165, 1.54) is 0 Å². The van der Waals surface area contributed by atoms with E-state index in [1.54, 1.807) is 0 Å². The zero-order valence-electron chi connectivity index (χ0n) is 10.1. The van der Waals surface area contributed by atoms with Gasteiger partial charge in [-0.2, -0.15) is 0 Å². The smallest absolute Gasteiger partial charge is 0.550 e. The van der Waals surface area contributed by atoms with Gasteiger partial charge in [0.25, 0.3) is 0 Å². The van der Waals surface area contributed by atoms with Crippen LogP contribution < -0.4 is 47.9 Å². The van der Waals surface area contributed by atoms with Crippen LogP contribution in [0.4, 0.5) is 0 Å². The molecule has 0 aromatic carbocycles. The molecule has 1 fully saturated rings. The Hall–Kier alpha value is 0.135. The summed E-state index contributed by atoms with van der Waals surface area (Å²) in [7, 11) is 0. The van der Waals surface area contributed by atoms with Crippen LogP contribution in [-0.2, 0) is 9.59 Å². The Kier molecular flexibility index (Phi) is 9.55. The molecule has 16 heavy (non-hydrogen) atoms. The molecule has 1 rings (SSSR count). The van der Waals surface area contributed by atoms with Gasteiger partial charge in [0.05, 0.1) is 0 Å². The van der Waals surface area contributed by atoms with Crippen LogP contribution >= 0.6 is 0 Å². The molecule has 0 aromatic rings. The third-order valence-corrected chi connectivity index (χ3v) is 2.95. The van der Waals surface area contributed by atoms with Crippen LogP contribution in [0, 0.1) is 5.41 Å². The molecule has 0 N–H and O–H groups in total. The first kappa shape index (κ1) is 18.5. The normalized spacial score (nSPS) is 17.8. The average Bonchev–Trinajstić information content (AvgIpc) is 2.01. The number of carbonyl (C=O) groups is 2. The number of carboxylic acids is 2. The molecule has 1 aliphatic rings. The van der Waals surface area contributed by atoms with Crippen molar-refractivity contribution in [2.75, 3.05) is 0 Å². The average molecular weight is 212 g/mol. The van der Waals surface area contributed by atoms with E-state index in [0.717, 1.165) is 19.3 Å². The van der Waals surface area contributed by atoms with Crippen molar-refractivity contribution in [2.45, 2.75) is 44.9 Å². The van der Waals surface area contributed by atoms with E-state index in [-0.39, 0.29) is 50.6 Å². The van der Waals surface area contributed by atoms with Gasteiger partial charge in [-0.1, -0.05) is 19.3 Å². The minimum Gasteiger partial charge on any atom is -0.550 e. The van der Waals surface area contributed by atoms with Crippen molar-refractivity contribution < 1.29 is 57.5 Å². The topological polar surface area (TPSA) is 80.3 Å². The molecule has 0 aliphatic heterocycles. The van der Waals surface area contributed by atoms with Gasteiger partial charge in [0.1, 0.15) is 0 Å². The first-order valence-electron chi connectivity index (χ1n) is 4.94. The van der Waals surface area contributed by atoms with Crippen LogP contribution in [0.15, 0.2) is 0 Å². The zero-order valence-corrected chi connectivity index (χ0v) is 10.1. The van der Waals surface area contributed by atoms with E-state index in [4.69, 9.17) is 0 Å². The first-order valence-corrected chi connectivity index (χ1v) is 4.94. The van der Waals surface area contributed by atoms with Crippen molar-refractivity contribution in [3.8, 4) is 0 Å². The number of rotatable bonds is 4. The molecule has 0 unspecified atom stereocenters. The van der Waals surface area contributed by atoms with Gasteiger partial charge in [-0.25, -0.2) is 0 Å². The van der Waals surface area contributed by atoms with Crippen molar-refractivity contribution in [1.82, 2.24) is 0 Å². The number of aliphatic carboxylic acids is 2. The van der Waals surface area contributed by atoms with Gasteiger partial charge in [-0.05, 0) is 31.1 Å². The Morgan fingerprint density at radius 2 is 1.25 bits per heavy atom. The summed E-state index contributed by atoms with van der Waals surface area (Å²) in [6.07, 6.45) is 3.88. The summed E-state index contributed by atoms with van der Waals surface area (Å²) in [6, 6.07) is 0. The zero-order chi connectivity index (χ0) is 10.6. The molecular formula is C10H14Li2O4. The fraction of sp³-hybridized carbons (Fsp3) is 0.800. The number of hydrogen-bond donors (Lipinski definition) is 0. The fourth-order valence-electron chi connectivity index (χ4n) is 2.33. The summed E-state index contributed by atoms with van der Waals surface area (Å²) in [5, 5.41) is 21.1. The monoisotopic (exact) mass is 212 g/mol. The summed E-state index contributed by atoms with van der Waals surface area (Å²) in [5.74, 6) is -2.32. The maximum Gasteiger partial charge on any atom is 1.00 e. The Morgan fingerprint density at radius 1 is 0.875 bits per heavy atom. The van der Waals surface area contributed by atoms with Crippen LogP contribution in [0.25, 0.3) is 0 Å². The van der Waals surface area contributed by atoms with Crippen LogP contribution in [-0.4, -0.2) is 11.9 Å². The number of carboxylic acid groups (broad SMARTS) is 2. The van der Waals surface area contributed by atoms with Gasteiger partial charge in [0.2, 0.25) is 0 Å². The maximum absolute atomic E-state index is 10.5. The van der Waals surface area contributed by atoms with E-state index >= 15 is 0 Å². The standard InChI is InChI=1S/C10H16O4.2Li/c11-8(12)6-10(7-9(13)14)4-2-1-3-5-10;;/h1-7H2,(H,11,12)(H,13,14);;/q;2*+1/p-2. The number of carbonyl (C=O) groups excluding carboxylic acids is 2. The van der Waals surface area contributed by atoms with E-state index in [1.807, 2.05) is 0 Å². The molecule has 0 spiro atoms. The van der Waals surface area contributed by atoms with Crippen molar-refractivity contribution in [3.05, 3.63) is 0 Å². The number of hydrogen-bond acceptors (Lipinski definition) is 4. The molecule has 6 heteroatoms. The SMILES string of the molecule is O=C([O-])CC1(CC(=O)[O-])CCCCC1.[Li+].[Li+]. The first-order chi connectivity index (χ1) is 6.54. The minimum atomic E-state index is -1.16. The predicted molar refractivity (Wildman–Crippen MR) is 44.8 cm³/mol. The van der Waals surface area contributed by atoms with Crippen molar-refractivity contribution in [1.29, 1.82) is 0 Å². The maximum atomic E-state index is 10.5. The Bertz CT molecular complexity index is 219. The van der Waals surface area contributed by atoms with E-state index in [0.29, 0.717) is 12.8 Å². The fourth-order valence-corrected chi connectivity index (χ4v) is 2.33. The molecule has 4 nitrogen and oxygen atoms in total. The molecule has 0 bridgehead atoms. The Morgan fingerprint density at radius 3 is 1.56 bits per heavy atom. The summed E-state index contributed by atoms with van der Waals surface area (Å²) in [5.41, 5.74) is -0.601. The van der Waals surface area contributed by atoms with Gasteiger partial charge in [0, 0.05) is 11.9 Å². The molecule has 0 amide bonds. The molecule has 0 heterocycles. The Balaban J connectivity index is 0. The van der Waals surface area contributed by atoms with Crippen molar-refractivity contribution >= 4 is 11.9 Å². The summed E-state index contributed by atoms with van der Waals surface area (Å²) >= 11 is 0. The molecular weight excluding hydrogens is 198 g/mol. The van der Waals surface area contributed by atoms with E-state index in [9.17, 15) is 19.8 Å². The summed E-state index contributed by atoms with van der Waals surface area (Å²) in [4.78, 5) is 21.1. The summed E-state index contributed by atoms with van der Waals surface area (Å²) < 4.78 is 0. The quantitative estimate of drug-likeness (QED) is 0.434. The van der Waals surface area contributed by atoms with Gasteiger partial charge in [-0.3, -0.25) is 0 Å². The molecule has 0 atom stereocenters. The summed E-state index contributed by atoms with van der Waals surface area (Å²) in [6.45, 7) is 0. The second kappa shape index (κ2) is 8.26. The molecule has 80 valence electrons. The second-order valence-corrected chi connectivity index (χ2v) is 4.16. The third kappa shape index (κ3) is 6.02. The minimum absolute atomic E-state index is 0. The van der Waals surface area contributed by atoms with Gasteiger partial charge < -0.3 is 19.8 Å². The van der Waals surface area contributed by atoms with Crippen molar-refractivity contribution in [2.24, 2.45) is 5.41 Å². The van der Waals surface area contributed by atoms with Gasteiger partial charge in [0.15, 0.2) is 0 Å². The molecule has 0 radical (unpaired) electrons. The molecule has 1 aliphatic carbocycles. The molecule has 0 saturated heterocycles. The third-order valence-electron chi connectivity index (χ3n) is 2.95. The van der Waals surface area contributed by atoms with Gasteiger partial charge in [-0.15, -0.1) is 0 Å². The van der Waals surface area contributed by atoms with E-state index < -0.39 is 17.4 Å². The largest absolute Gasteiger partial charge is 1.00 e. The van der Waals surface area contributed by atoms with Crippen molar-refractivity contribution in [3.63, 3.8) is 0 Å². The predicted octanol–water partition coefficient (Wildman–Crippen LogP) is -6.78. The van der Waals surface area contributed by atoms with Crippen LogP contribution in [0.1, 0.15) is 44.9 Å².